The van der Waals surface area contributed by atoms with Crippen molar-refractivity contribution in [1.82, 2.24) is 0 Å². The molecule has 0 aromatic heterocycles. The van der Waals surface area contributed by atoms with Crippen LogP contribution in [-0.4, -0.2) is 45.8 Å². The average molecular weight is 498 g/mol. The summed E-state index contributed by atoms with van der Waals surface area (Å²) >= 11 is 0. The SMILES string of the molecule is CCCCCCCCCCCCCCCCOC[C@H](COCC(F)(F)F)OP(=O)([O-])OC.[Li+]. The largest absolute Gasteiger partial charge is 1.00 e. The molecule has 33 heavy (non-hydrogen) atoms. The second-order valence-corrected chi connectivity index (χ2v) is 9.63. The molecule has 0 amide bonds. The Bertz CT molecular complexity index is 472. The number of hydrogen-bond donors (Lipinski definition) is 0. The maximum atomic E-state index is 12.2. The second kappa shape index (κ2) is 22.9. The summed E-state index contributed by atoms with van der Waals surface area (Å²) in [5.74, 6) is 0. The fourth-order valence-corrected chi connectivity index (χ4v) is 3.83. The van der Waals surface area contributed by atoms with E-state index < -0.39 is 33.3 Å². The second-order valence-electron chi connectivity index (χ2n) is 8.16. The minimum absolute atomic E-state index is 0. The first-order valence-corrected chi connectivity index (χ1v) is 13.4. The molecule has 0 aliphatic carbocycles. The Balaban J connectivity index is 0. The summed E-state index contributed by atoms with van der Waals surface area (Å²) in [7, 11) is -3.68. The smallest absolute Gasteiger partial charge is 0.756 e. The van der Waals surface area contributed by atoms with Crippen LogP contribution in [0.25, 0.3) is 0 Å². The van der Waals surface area contributed by atoms with Gasteiger partial charge in [0.1, 0.15) is 12.7 Å². The molecule has 0 radical (unpaired) electrons. The van der Waals surface area contributed by atoms with Gasteiger partial charge in [-0.3, -0.25) is 4.57 Å². The number of alkyl halides is 3. The van der Waals surface area contributed by atoms with Crippen molar-refractivity contribution in [2.75, 3.05) is 33.5 Å². The van der Waals surface area contributed by atoms with Crippen LogP contribution in [0.1, 0.15) is 96.8 Å². The molecule has 0 bridgehead atoms. The fraction of sp³-hybridized carbons (Fsp3) is 1.00. The molecule has 0 saturated carbocycles. The first kappa shape index (κ1) is 35.6. The van der Waals surface area contributed by atoms with Gasteiger partial charge in [-0.05, 0) is 6.42 Å². The van der Waals surface area contributed by atoms with Crippen LogP contribution < -0.4 is 23.8 Å². The van der Waals surface area contributed by atoms with Gasteiger partial charge in [-0.25, -0.2) is 0 Å². The summed E-state index contributed by atoms with van der Waals surface area (Å²) in [5.41, 5.74) is 0. The van der Waals surface area contributed by atoms with Crippen molar-refractivity contribution < 1.29 is 60.0 Å². The number of halogens is 3. The predicted octanol–water partition coefficient (Wildman–Crippen LogP) is 3.57. The summed E-state index contributed by atoms with van der Waals surface area (Å²) in [4.78, 5) is 11.4. The van der Waals surface area contributed by atoms with Crippen LogP contribution in [0, 0.1) is 0 Å². The molecule has 0 N–H and O–H groups in total. The van der Waals surface area contributed by atoms with E-state index in [1.807, 2.05) is 0 Å². The number of hydrogen-bond acceptors (Lipinski definition) is 6. The van der Waals surface area contributed by atoms with E-state index in [1.165, 1.54) is 70.6 Å². The Morgan fingerprint density at radius 2 is 1.21 bits per heavy atom. The van der Waals surface area contributed by atoms with Crippen molar-refractivity contribution in [3.8, 4) is 0 Å². The zero-order valence-electron chi connectivity index (χ0n) is 20.8. The Kier molecular flexibility index (Phi) is 24.6. The third kappa shape index (κ3) is 26.9. The molecule has 0 fully saturated rings. The monoisotopic (exact) mass is 498 g/mol. The van der Waals surface area contributed by atoms with E-state index >= 15 is 0 Å². The molecule has 0 rings (SSSR count). The number of unbranched alkanes of at least 4 members (excludes halogenated alkanes) is 13. The molecule has 0 spiro atoms. The van der Waals surface area contributed by atoms with Crippen molar-refractivity contribution in [3.63, 3.8) is 0 Å². The molecule has 0 saturated heterocycles. The maximum absolute atomic E-state index is 12.2. The van der Waals surface area contributed by atoms with Crippen LogP contribution in [0.5, 0.6) is 0 Å². The van der Waals surface area contributed by atoms with Crippen molar-refractivity contribution in [1.29, 1.82) is 0 Å². The van der Waals surface area contributed by atoms with Crippen LogP contribution in [0.3, 0.4) is 0 Å². The molecule has 0 aliphatic heterocycles. The van der Waals surface area contributed by atoms with E-state index in [1.54, 1.807) is 0 Å². The third-order valence-electron chi connectivity index (χ3n) is 5.02. The average Bonchev–Trinajstić information content (AvgIpc) is 2.72. The van der Waals surface area contributed by atoms with Gasteiger partial charge in [-0.1, -0.05) is 90.4 Å². The number of ether oxygens (including phenoxy) is 2. The van der Waals surface area contributed by atoms with E-state index in [4.69, 9.17) is 4.74 Å². The third-order valence-corrected chi connectivity index (χ3v) is 6.02. The Morgan fingerprint density at radius 1 is 0.788 bits per heavy atom. The minimum atomic E-state index is -4.59. The normalized spacial score (nSPS) is 14.6. The molecule has 2 atom stereocenters. The summed E-state index contributed by atoms with van der Waals surface area (Å²) in [6.07, 6.45) is 11.6. The zero-order valence-corrected chi connectivity index (χ0v) is 21.7. The van der Waals surface area contributed by atoms with Crippen LogP contribution in [0.2, 0.25) is 0 Å². The minimum Gasteiger partial charge on any atom is -0.756 e. The van der Waals surface area contributed by atoms with Crippen molar-refractivity contribution in [2.24, 2.45) is 0 Å². The Hall–Kier alpha value is 0.417. The topological polar surface area (TPSA) is 77.1 Å². The Labute approximate surface area is 210 Å². The van der Waals surface area contributed by atoms with Gasteiger partial charge >= 0.3 is 25.0 Å². The quantitative estimate of drug-likeness (QED) is 0.122. The van der Waals surface area contributed by atoms with Crippen molar-refractivity contribution in [2.45, 2.75) is 109 Å². The van der Waals surface area contributed by atoms with Crippen molar-refractivity contribution in [3.05, 3.63) is 0 Å². The van der Waals surface area contributed by atoms with Gasteiger partial charge in [0, 0.05) is 13.7 Å². The molecule has 1 unspecified atom stereocenters. The molecular formula is C22H43F3LiO6P. The van der Waals surface area contributed by atoms with E-state index in [0.717, 1.165) is 26.4 Å². The molecule has 194 valence electrons. The van der Waals surface area contributed by atoms with Crippen molar-refractivity contribution >= 4 is 7.82 Å². The maximum Gasteiger partial charge on any atom is 1.00 e. The molecule has 11 heteroatoms. The zero-order chi connectivity index (χ0) is 24.1. The first-order chi connectivity index (χ1) is 15.2. The molecule has 0 aliphatic rings. The molecular weight excluding hydrogens is 455 g/mol. The van der Waals surface area contributed by atoms with Gasteiger partial charge in [0.05, 0.1) is 13.2 Å². The number of phosphoric acid groups is 1. The van der Waals surface area contributed by atoms with Crippen LogP contribution in [0.4, 0.5) is 13.2 Å². The summed E-state index contributed by atoms with van der Waals surface area (Å²) in [6.45, 7) is 0.382. The van der Waals surface area contributed by atoms with E-state index in [9.17, 15) is 22.6 Å². The predicted molar refractivity (Wildman–Crippen MR) is 117 cm³/mol. The molecule has 0 aromatic rings. The van der Waals surface area contributed by atoms with E-state index in [2.05, 4.69) is 20.7 Å². The fourth-order valence-electron chi connectivity index (χ4n) is 3.25. The van der Waals surface area contributed by atoms with Gasteiger partial charge in [0.25, 0.3) is 7.82 Å². The van der Waals surface area contributed by atoms with Gasteiger partial charge in [0.2, 0.25) is 0 Å². The Morgan fingerprint density at radius 3 is 1.64 bits per heavy atom. The van der Waals surface area contributed by atoms with E-state index in [0.29, 0.717) is 6.61 Å². The molecule has 6 nitrogen and oxygen atoms in total. The first-order valence-electron chi connectivity index (χ1n) is 12.0. The van der Waals surface area contributed by atoms with Crippen LogP contribution in [0.15, 0.2) is 0 Å². The summed E-state index contributed by atoms with van der Waals surface area (Å²) in [5, 5.41) is 0. The summed E-state index contributed by atoms with van der Waals surface area (Å²) in [6, 6.07) is 0. The van der Waals surface area contributed by atoms with Gasteiger partial charge < -0.3 is 23.4 Å². The van der Waals surface area contributed by atoms with E-state index in [-0.39, 0.29) is 25.5 Å². The number of phosphoric ester groups is 1. The van der Waals surface area contributed by atoms with Gasteiger partial charge in [-0.2, -0.15) is 13.2 Å². The van der Waals surface area contributed by atoms with Crippen LogP contribution in [-0.2, 0) is 23.1 Å². The molecule has 0 aromatic carbocycles. The summed E-state index contributed by atoms with van der Waals surface area (Å²) < 4.78 is 66.7. The standard InChI is InChI=1S/C22H44F3O6P.Li/c1-3-4-5-6-7-8-9-10-11-12-13-14-15-16-17-29-18-21(31-32(26,27)28-2)19-30-20-22(23,24)25;/h21H,3-20H2,1-2H3,(H,26,27);/q;+1/p-1/t21-;/m1./s1. The van der Waals surface area contributed by atoms with Gasteiger partial charge in [0.15, 0.2) is 0 Å². The molecule has 0 heterocycles. The van der Waals surface area contributed by atoms with Crippen LogP contribution >= 0.6 is 7.82 Å². The van der Waals surface area contributed by atoms with Gasteiger partial charge in [-0.15, -0.1) is 0 Å². The number of rotatable bonds is 23.